The predicted molar refractivity (Wildman–Crippen MR) is 104 cm³/mol. The minimum absolute atomic E-state index is 0.00701. The van der Waals surface area contributed by atoms with Crippen LogP contribution in [0.5, 0.6) is 0 Å². The lowest BCUT2D eigenvalue weighted by Gasteiger charge is -2.11. The first kappa shape index (κ1) is 18.1. The molecule has 0 atom stereocenters. The van der Waals surface area contributed by atoms with E-state index in [1.54, 1.807) is 6.20 Å². The smallest absolute Gasteiger partial charge is 0.224 e. The first-order valence-electron chi connectivity index (χ1n) is 9.01. The summed E-state index contributed by atoms with van der Waals surface area (Å²) < 4.78 is 5.64. The van der Waals surface area contributed by atoms with Gasteiger partial charge in [-0.2, -0.15) is 0 Å². The fourth-order valence-electron chi connectivity index (χ4n) is 2.94. The Bertz CT molecular complexity index is 871. The predicted octanol–water partition coefficient (Wildman–Crippen LogP) is 4.02. The lowest BCUT2D eigenvalue weighted by molar-refractivity contribution is -0.120. The van der Waals surface area contributed by atoms with Crippen LogP contribution in [0.1, 0.15) is 30.0 Å². The summed E-state index contributed by atoms with van der Waals surface area (Å²) in [4.78, 5) is 16.8. The number of rotatable bonds is 8. The molecule has 0 aliphatic heterocycles. The number of aromatic nitrogens is 1. The molecule has 26 heavy (non-hydrogen) atoms. The van der Waals surface area contributed by atoms with E-state index < -0.39 is 0 Å². The first-order valence-corrected chi connectivity index (χ1v) is 9.01. The number of carbonyl (C=O) groups is 1. The maximum atomic E-state index is 12.4. The largest absolute Gasteiger partial charge is 0.377 e. The Morgan fingerprint density at radius 3 is 2.62 bits per heavy atom. The van der Waals surface area contributed by atoms with Gasteiger partial charge >= 0.3 is 0 Å². The number of benzene rings is 2. The second-order valence-electron chi connectivity index (χ2n) is 6.27. The van der Waals surface area contributed by atoms with Crippen molar-refractivity contribution in [2.24, 2.45) is 0 Å². The molecule has 0 aliphatic carbocycles. The van der Waals surface area contributed by atoms with Crippen molar-refractivity contribution in [3.05, 3.63) is 77.5 Å². The second kappa shape index (κ2) is 9.11. The molecule has 3 aromatic rings. The van der Waals surface area contributed by atoms with Gasteiger partial charge in [0, 0.05) is 24.7 Å². The summed E-state index contributed by atoms with van der Waals surface area (Å²) in [5.41, 5.74) is 4.04. The Labute approximate surface area is 154 Å². The topological polar surface area (TPSA) is 51.2 Å². The number of amides is 1. The molecule has 1 N–H and O–H groups in total. The van der Waals surface area contributed by atoms with Crippen molar-refractivity contribution < 1.29 is 9.53 Å². The number of nitrogens with zero attached hydrogens (tertiary/aromatic N) is 1. The highest BCUT2D eigenvalue weighted by Crippen LogP contribution is 2.16. The van der Waals surface area contributed by atoms with Crippen molar-refractivity contribution >= 4 is 16.8 Å². The molecule has 0 unspecified atom stereocenters. The van der Waals surface area contributed by atoms with E-state index in [1.807, 2.05) is 54.6 Å². The number of ether oxygens (including phenoxy) is 1. The number of nitrogens with one attached hydrogen (secondary N) is 1. The highest BCUT2D eigenvalue weighted by Gasteiger charge is 2.09. The van der Waals surface area contributed by atoms with Crippen molar-refractivity contribution in [1.29, 1.82) is 0 Å². The van der Waals surface area contributed by atoms with E-state index >= 15 is 0 Å². The molecule has 0 fully saturated rings. The van der Waals surface area contributed by atoms with Crippen LogP contribution < -0.4 is 5.32 Å². The molecule has 2 aromatic carbocycles. The molecule has 0 aliphatic rings. The van der Waals surface area contributed by atoms with Crippen LogP contribution in [0.25, 0.3) is 10.9 Å². The third-order valence-electron chi connectivity index (χ3n) is 4.27. The quantitative estimate of drug-likeness (QED) is 0.626. The number of pyridine rings is 1. The molecule has 4 nitrogen and oxygen atoms in total. The van der Waals surface area contributed by atoms with Gasteiger partial charge in [-0.25, -0.2) is 0 Å². The average molecular weight is 348 g/mol. The molecule has 0 saturated carbocycles. The molecule has 1 aromatic heterocycles. The van der Waals surface area contributed by atoms with Gasteiger partial charge in [-0.3, -0.25) is 9.78 Å². The monoisotopic (exact) mass is 348 g/mol. The van der Waals surface area contributed by atoms with Gasteiger partial charge in [-0.05, 0) is 29.2 Å². The fourth-order valence-corrected chi connectivity index (χ4v) is 2.94. The van der Waals surface area contributed by atoms with Crippen molar-refractivity contribution in [1.82, 2.24) is 10.3 Å². The van der Waals surface area contributed by atoms with Gasteiger partial charge in [0.2, 0.25) is 5.91 Å². The summed E-state index contributed by atoms with van der Waals surface area (Å²) in [6, 6.07) is 17.9. The highest BCUT2D eigenvalue weighted by atomic mass is 16.5. The minimum atomic E-state index is -0.00701. The Balaban J connectivity index is 1.62. The third kappa shape index (κ3) is 4.67. The van der Waals surface area contributed by atoms with Crippen LogP contribution in [0, 0.1) is 0 Å². The summed E-state index contributed by atoms with van der Waals surface area (Å²) in [6.07, 6.45) is 3.08. The Kier molecular flexibility index (Phi) is 6.34. The molecule has 0 bridgehead atoms. The van der Waals surface area contributed by atoms with E-state index in [1.165, 1.54) is 0 Å². The van der Waals surface area contributed by atoms with E-state index in [4.69, 9.17) is 4.74 Å². The van der Waals surface area contributed by atoms with E-state index in [2.05, 4.69) is 17.2 Å². The molecule has 1 amide bonds. The molecule has 0 radical (unpaired) electrons. The highest BCUT2D eigenvalue weighted by molar-refractivity contribution is 5.87. The SMILES string of the molecule is CCCOCc1ccccc1CNC(=O)Cc1cccc2cccnc12. The van der Waals surface area contributed by atoms with Gasteiger partial charge in [0.1, 0.15) is 0 Å². The summed E-state index contributed by atoms with van der Waals surface area (Å²) in [7, 11) is 0. The molecule has 4 heteroatoms. The fraction of sp³-hybridized carbons (Fsp3) is 0.273. The number of hydrogen-bond donors (Lipinski definition) is 1. The molecule has 134 valence electrons. The lowest BCUT2D eigenvalue weighted by atomic mass is 10.1. The van der Waals surface area contributed by atoms with Crippen LogP contribution in [0.3, 0.4) is 0 Å². The summed E-state index contributed by atoms with van der Waals surface area (Å²) >= 11 is 0. The Morgan fingerprint density at radius 1 is 1.00 bits per heavy atom. The number of para-hydroxylation sites is 1. The van der Waals surface area contributed by atoms with Crippen LogP contribution in [-0.4, -0.2) is 17.5 Å². The number of fused-ring (bicyclic) bond motifs is 1. The van der Waals surface area contributed by atoms with E-state index in [9.17, 15) is 4.79 Å². The van der Waals surface area contributed by atoms with Gasteiger partial charge in [-0.1, -0.05) is 55.5 Å². The van der Waals surface area contributed by atoms with Crippen molar-refractivity contribution in [3.8, 4) is 0 Å². The van der Waals surface area contributed by atoms with Gasteiger partial charge < -0.3 is 10.1 Å². The van der Waals surface area contributed by atoms with Crippen LogP contribution in [0.2, 0.25) is 0 Å². The summed E-state index contributed by atoms with van der Waals surface area (Å²) in [6.45, 7) is 3.92. The van der Waals surface area contributed by atoms with Crippen LogP contribution in [0.15, 0.2) is 60.8 Å². The minimum Gasteiger partial charge on any atom is -0.377 e. The Morgan fingerprint density at radius 2 is 1.77 bits per heavy atom. The Hall–Kier alpha value is -2.72. The van der Waals surface area contributed by atoms with Gasteiger partial charge in [0.05, 0.1) is 18.5 Å². The molecule has 3 rings (SSSR count). The second-order valence-corrected chi connectivity index (χ2v) is 6.27. The molecule has 1 heterocycles. The normalized spacial score (nSPS) is 10.8. The zero-order chi connectivity index (χ0) is 18.2. The maximum absolute atomic E-state index is 12.4. The molecular formula is C22H24N2O2. The average Bonchev–Trinajstić information content (AvgIpc) is 2.68. The number of hydrogen-bond acceptors (Lipinski definition) is 3. The van der Waals surface area contributed by atoms with Crippen molar-refractivity contribution in [2.45, 2.75) is 32.9 Å². The van der Waals surface area contributed by atoms with Crippen LogP contribution >= 0.6 is 0 Å². The van der Waals surface area contributed by atoms with Crippen LogP contribution in [-0.2, 0) is 29.1 Å². The molecular weight excluding hydrogens is 324 g/mol. The zero-order valence-electron chi connectivity index (χ0n) is 15.1. The van der Waals surface area contributed by atoms with Crippen LogP contribution in [0.4, 0.5) is 0 Å². The lowest BCUT2D eigenvalue weighted by Crippen LogP contribution is -2.25. The maximum Gasteiger partial charge on any atom is 0.224 e. The molecule has 0 saturated heterocycles. The third-order valence-corrected chi connectivity index (χ3v) is 4.27. The van der Waals surface area contributed by atoms with Crippen molar-refractivity contribution in [2.75, 3.05) is 6.61 Å². The van der Waals surface area contributed by atoms with Crippen molar-refractivity contribution in [3.63, 3.8) is 0 Å². The van der Waals surface area contributed by atoms with Gasteiger partial charge in [0.25, 0.3) is 0 Å². The first-order chi connectivity index (χ1) is 12.8. The summed E-state index contributed by atoms with van der Waals surface area (Å²) in [5, 5.41) is 4.07. The van der Waals surface area contributed by atoms with E-state index in [0.29, 0.717) is 19.6 Å². The molecule has 0 spiro atoms. The van der Waals surface area contributed by atoms with E-state index in [0.717, 1.165) is 40.6 Å². The van der Waals surface area contributed by atoms with Gasteiger partial charge in [0.15, 0.2) is 0 Å². The summed E-state index contributed by atoms with van der Waals surface area (Å²) in [5.74, 6) is -0.00701. The zero-order valence-corrected chi connectivity index (χ0v) is 15.1. The number of carbonyl (C=O) groups excluding carboxylic acids is 1. The standard InChI is InChI=1S/C22H24N2O2/c1-2-13-26-16-20-8-4-3-7-19(20)15-24-21(25)14-18-10-5-9-17-11-6-12-23-22(17)18/h3-12H,2,13-16H2,1H3,(H,24,25). The van der Waals surface area contributed by atoms with Gasteiger partial charge in [-0.15, -0.1) is 0 Å². The van der Waals surface area contributed by atoms with E-state index in [-0.39, 0.29) is 5.91 Å².